The van der Waals surface area contributed by atoms with Gasteiger partial charge in [-0.3, -0.25) is 9.36 Å². The van der Waals surface area contributed by atoms with E-state index in [1.807, 2.05) is 12.1 Å². The van der Waals surface area contributed by atoms with E-state index in [2.05, 4.69) is 15.0 Å². The Hall–Kier alpha value is -3.07. The van der Waals surface area contributed by atoms with Gasteiger partial charge in [-0.2, -0.15) is 0 Å². The van der Waals surface area contributed by atoms with Gasteiger partial charge in [0.25, 0.3) is 12.0 Å². The number of hydrogen-bond donors (Lipinski definition) is 1. The zero-order chi connectivity index (χ0) is 18.1. The van der Waals surface area contributed by atoms with E-state index in [0.29, 0.717) is 16.4 Å². The molecular formula is C17H12F2N4O2S. The van der Waals surface area contributed by atoms with Crippen LogP contribution in [0.2, 0.25) is 0 Å². The van der Waals surface area contributed by atoms with Crippen LogP contribution in [0.3, 0.4) is 0 Å². The smallest absolute Gasteiger partial charge is 0.281 e. The minimum absolute atomic E-state index is 0.0287. The molecule has 0 fully saturated rings. The summed E-state index contributed by atoms with van der Waals surface area (Å²) >= 11 is 1.09. The first-order valence-electron chi connectivity index (χ1n) is 7.61. The van der Waals surface area contributed by atoms with Crippen LogP contribution in [-0.2, 0) is 6.61 Å². The zero-order valence-corrected chi connectivity index (χ0v) is 14.0. The van der Waals surface area contributed by atoms with Gasteiger partial charge in [-0.15, -0.1) is 11.3 Å². The number of halogens is 2. The van der Waals surface area contributed by atoms with Crippen molar-refractivity contribution in [3.63, 3.8) is 0 Å². The Bertz CT molecular complexity index is 1120. The summed E-state index contributed by atoms with van der Waals surface area (Å²) < 4.78 is 32.0. The molecule has 0 saturated heterocycles. The van der Waals surface area contributed by atoms with Gasteiger partial charge in [-0.25, -0.2) is 18.7 Å². The van der Waals surface area contributed by atoms with Gasteiger partial charge < -0.3 is 9.72 Å². The lowest BCUT2D eigenvalue weighted by molar-refractivity contribution is 0.146. The fourth-order valence-electron chi connectivity index (χ4n) is 2.47. The molecule has 6 nitrogen and oxygen atoms in total. The number of H-pyrrole nitrogens is 1. The van der Waals surface area contributed by atoms with Crippen molar-refractivity contribution in [2.45, 2.75) is 13.0 Å². The van der Waals surface area contributed by atoms with Gasteiger partial charge in [0.05, 0.1) is 23.0 Å². The second kappa shape index (κ2) is 6.68. The van der Waals surface area contributed by atoms with E-state index in [9.17, 15) is 13.6 Å². The number of nitrogens with one attached hydrogen (secondary N) is 1. The molecule has 1 aromatic carbocycles. The summed E-state index contributed by atoms with van der Waals surface area (Å²) in [6.07, 6.45) is 0.588. The lowest BCUT2D eigenvalue weighted by Crippen LogP contribution is -2.16. The van der Waals surface area contributed by atoms with Crippen LogP contribution < -0.4 is 10.3 Å². The van der Waals surface area contributed by atoms with Crippen molar-refractivity contribution < 1.29 is 13.5 Å². The summed E-state index contributed by atoms with van der Waals surface area (Å²) in [6, 6.07) is 8.43. The molecule has 9 heteroatoms. The van der Waals surface area contributed by atoms with Gasteiger partial charge in [-0.05, 0) is 24.3 Å². The molecule has 4 rings (SSSR count). The quantitative estimate of drug-likeness (QED) is 0.578. The van der Waals surface area contributed by atoms with E-state index in [1.165, 1.54) is 16.0 Å². The first kappa shape index (κ1) is 16.4. The van der Waals surface area contributed by atoms with Crippen LogP contribution in [0.5, 0.6) is 5.75 Å². The average Bonchev–Trinajstić information content (AvgIpc) is 3.28. The number of hydrogen-bond acceptors (Lipinski definition) is 5. The van der Waals surface area contributed by atoms with Gasteiger partial charge in [0.2, 0.25) is 0 Å². The predicted octanol–water partition coefficient (Wildman–Crippen LogP) is 3.69. The molecule has 0 aliphatic carbocycles. The molecule has 0 aliphatic heterocycles. The Balaban J connectivity index is 1.52. The lowest BCUT2D eigenvalue weighted by atomic mass is 10.2. The maximum absolute atomic E-state index is 12.5. The number of rotatable bonds is 5. The van der Waals surface area contributed by atoms with Crippen molar-refractivity contribution in [2.75, 3.05) is 0 Å². The van der Waals surface area contributed by atoms with Gasteiger partial charge in [0.1, 0.15) is 23.1 Å². The van der Waals surface area contributed by atoms with E-state index in [4.69, 9.17) is 4.74 Å². The first-order chi connectivity index (χ1) is 12.6. The van der Waals surface area contributed by atoms with Crippen molar-refractivity contribution in [1.29, 1.82) is 0 Å². The number of nitrogens with zero attached hydrogens (tertiary/aromatic N) is 3. The molecule has 132 valence electrons. The number of fused-ring (bicyclic) bond motifs is 1. The summed E-state index contributed by atoms with van der Waals surface area (Å²) in [6.45, 7) is 0.0287. The van der Waals surface area contributed by atoms with E-state index in [-0.39, 0.29) is 17.9 Å². The van der Waals surface area contributed by atoms with E-state index in [0.717, 1.165) is 22.4 Å². The minimum atomic E-state index is -2.60. The molecule has 0 spiro atoms. The van der Waals surface area contributed by atoms with Gasteiger partial charge in [0.15, 0.2) is 0 Å². The molecule has 0 bridgehead atoms. The monoisotopic (exact) mass is 374 g/mol. The highest BCUT2D eigenvalue weighted by Gasteiger charge is 2.12. The van der Waals surface area contributed by atoms with Crippen molar-refractivity contribution >= 4 is 22.4 Å². The van der Waals surface area contributed by atoms with Crippen LogP contribution in [0.25, 0.3) is 16.7 Å². The van der Waals surface area contributed by atoms with Crippen LogP contribution in [0.1, 0.15) is 17.1 Å². The van der Waals surface area contributed by atoms with E-state index in [1.54, 1.807) is 24.7 Å². The van der Waals surface area contributed by atoms with Gasteiger partial charge in [-0.1, -0.05) is 0 Å². The van der Waals surface area contributed by atoms with Crippen LogP contribution >= 0.6 is 11.3 Å². The molecule has 3 heterocycles. The Morgan fingerprint density at radius 1 is 1.27 bits per heavy atom. The molecule has 0 atom stereocenters. The Kier molecular flexibility index (Phi) is 4.21. The highest BCUT2D eigenvalue weighted by atomic mass is 32.1. The normalized spacial score (nSPS) is 11.3. The molecule has 4 aromatic rings. The number of benzene rings is 1. The molecule has 0 radical (unpaired) electrons. The summed E-state index contributed by atoms with van der Waals surface area (Å²) in [7, 11) is 0. The topological polar surface area (TPSA) is 72.8 Å². The number of imidazole rings is 1. The van der Waals surface area contributed by atoms with E-state index >= 15 is 0 Å². The third-order valence-electron chi connectivity index (χ3n) is 3.73. The molecule has 1 N–H and O–H groups in total. The number of aromatic nitrogens is 4. The second-order valence-electron chi connectivity index (χ2n) is 5.43. The van der Waals surface area contributed by atoms with Crippen molar-refractivity contribution in [3.8, 4) is 11.4 Å². The van der Waals surface area contributed by atoms with Crippen LogP contribution in [-0.4, -0.2) is 19.5 Å². The number of alkyl halides is 2. The largest absolute Gasteiger partial charge is 0.486 e. The average molecular weight is 374 g/mol. The van der Waals surface area contributed by atoms with Crippen LogP contribution in [0, 0.1) is 0 Å². The van der Waals surface area contributed by atoms with Crippen molar-refractivity contribution in [2.24, 2.45) is 0 Å². The molecular weight excluding hydrogens is 362 g/mol. The predicted molar refractivity (Wildman–Crippen MR) is 93.1 cm³/mol. The fraction of sp³-hybridized carbons (Fsp3) is 0.118. The second-order valence-corrected chi connectivity index (χ2v) is 6.37. The number of aromatic amines is 1. The summed E-state index contributed by atoms with van der Waals surface area (Å²) in [4.78, 5) is 23.3. The molecule has 3 aromatic heterocycles. The standard InChI is InChI=1S/C17H12F2N4O2S/c18-17(19)14-8-26-15(22-14)7-25-11-3-4-23(16(24)6-11)10-1-2-12-13(5-10)21-9-20-12/h1-6,8-9,17H,7H2,(H,20,21). The SMILES string of the molecule is O=c1cc(OCc2nc(C(F)F)cs2)ccn1-c1ccc2nc[nH]c2c1. The van der Waals surface area contributed by atoms with E-state index < -0.39 is 6.43 Å². The minimum Gasteiger partial charge on any atom is -0.486 e. The number of thiazole rings is 1. The molecule has 0 amide bonds. The number of ether oxygens (including phenoxy) is 1. The fourth-order valence-corrected chi connectivity index (χ4v) is 3.17. The van der Waals surface area contributed by atoms with Crippen molar-refractivity contribution in [1.82, 2.24) is 19.5 Å². The van der Waals surface area contributed by atoms with Gasteiger partial charge >= 0.3 is 0 Å². The van der Waals surface area contributed by atoms with Crippen LogP contribution in [0.4, 0.5) is 8.78 Å². The molecule has 0 unspecified atom stereocenters. The Morgan fingerprint density at radius 2 is 2.15 bits per heavy atom. The third kappa shape index (κ3) is 3.21. The zero-order valence-electron chi connectivity index (χ0n) is 13.2. The highest BCUT2D eigenvalue weighted by Crippen LogP contribution is 2.22. The first-order valence-corrected chi connectivity index (χ1v) is 8.49. The lowest BCUT2D eigenvalue weighted by Gasteiger charge is -2.08. The van der Waals surface area contributed by atoms with Crippen molar-refractivity contribution in [3.05, 3.63) is 69.3 Å². The van der Waals surface area contributed by atoms with Gasteiger partial charge in [0, 0.05) is 17.6 Å². The molecule has 26 heavy (non-hydrogen) atoms. The van der Waals surface area contributed by atoms with Crippen LogP contribution in [0.15, 0.2) is 53.0 Å². The Labute approximate surface area is 149 Å². The maximum Gasteiger partial charge on any atom is 0.281 e. The number of pyridine rings is 1. The molecule has 0 aliphatic rings. The maximum atomic E-state index is 12.5. The summed E-state index contributed by atoms with van der Waals surface area (Å²) in [5.41, 5.74) is 1.80. The highest BCUT2D eigenvalue weighted by molar-refractivity contribution is 7.09. The molecule has 0 saturated carbocycles. The summed E-state index contributed by atoms with van der Waals surface area (Å²) in [5, 5.41) is 1.72. The third-order valence-corrected chi connectivity index (χ3v) is 4.57. The Morgan fingerprint density at radius 3 is 2.92 bits per heavy atom. The summed E-state index contributed by atoms with van der Waals surface area (Å²) in [5.74, 6) is 0.350.